The second-order valence-corrected chi connectivity index (χ2v) is 7.96. The Morgan fingerprint density at radius 1 is 1.32 bits per heavy atom. The Bertz CT molecular complexity index is 573. The zero-order chi connectivity index (χ0) is 18.6. The number of methoxy groups -OCH3 is 1. The van der Waals surface area contributed by atoms with Gasteiger partial charge in [-0.1, -0.05) is 0 Å². The van der Waals surface area contributed by atoms with E-state index in [-0.39, 0.29) is 11.9 Å². The molecule has 2 amide bonds. The summed E-state index contributed by atoms with van der Waals surface area (Å²) >= 11 is 0. The Morgan fingerprint density at radius 3 is 2.60 bits per heavy atom. The zero-order valence-corrected chi connectivity index (χ0v) is 14.9. The molecule has 2 aliphatic rings. The van der Waals surface area contributed by atoms with Crippen LogP contribution in [0.3, 0.4) is 0 Å². The molecule has 0 aromatic rings. The topological polar surface area (TPSA) is 145 Å². The molecule has 4 N–H and O–H groups in total. The Morgan fingerprint density at radius 2 is 2.04 bits per heavy atom. The molecule has 0 aliphatic carbocycles. The number of carbonyl (C=O) groups excluding carboxylic acids is 3. The average molecular weight is 377 g/mol. The minimum Gasteiger partial charge on any atom is -0.467 e. The number of amides is 2. The molecule has 2 fully saturated rings. The molecule has 0 bridgehead atoms. The van der Waals surface area contributed by atoms with E-state index >= 15 is 0 Å². The van der Waals surface area contributed by atoms with Gasteiger partial charge < -0.3 is 30.1 Å². The quantitative estimate of drug-likeness (QED) is 0.325. The third kappa shape index (κ3) is 5.24. The van der Waals surface area contributed by atoms with E-state index in [1.54, 1.807) is 0 Å². The number of esters is 1. The maximum Gasteiger partial charge on any atom is 0.329 e. The van der Waals surface area contributed by atoms with Crippen LogP contribution in [0.25, 0.3) is 0 Å². The maximum absolute atomic E-state index is 12.5. The minimum atomic E-state index is -4.53. The van der Waals surface area contributed by atoms with Crippen molar-refractivity contribution in [1.82, 2.24) is 15.5 Å². The molecule has 142 valence electrons. The first kappa shape index (κ1) is 19.8. The number of nitrogens with zero attached hydrogens (tertiary/aromatic N) is 1. The van der Waals surface area contributed by atoms with Gasteiger partial charge in [0.05, 0.1) is 19.3 Å². The van der Waals surface area contributed by atoms with Gasteiger partial charge in [-0.2, -0.15) is 0 Å². The van der Waals surface area contributed by atoms with E-state index in [2.05, 4.69) is 15.4 Å². The SMILES string of the molecule is COC(=O)[C@@H](CP(=O)(O)O)NC(=O)[C@@H]1CCCN1C(=O)[C@H]1CCCN1. The van der Waals surface area contributed by atoms with Gasteiger partial charge in [-0.3, -0.25) is 14.2 Å². The lowest BCUT2D eigenvalue weighted by atomic mass is 10.1. The van der Waals surface area contributed by atoms with Crippen molar-refractivity contribution in [2.24, 2.45) is 0 Å². The molecule has 0 spiro atoms. The number of nitrogens with one attached hydrogen (secondary N) is 2. The molecule has 2 saturated heterocycles. The van der Waals surface area contributed by atoms with Crippen LogP contribution in [0, 0.1) is 0 Å². The van der Waals surface area contributed by atoms with E-state index in [1.165, 1.54) is 4.90 Å². The van der Waals surface area contributed by atoms with Gasteiger partial charge >= 0.3 is 13.6 Å². The van der Waals surface area contributed by atoms with Crippen LogP contribution in [-0.4, -0.2) is 77.0 Å². The number of hydrogen-bond donors (Lipinski definition) is 4. The summed E-state index contributed by atoms with van der Waals surface area (Å²) in [6.07, 6.45) is 1.85. The highest BCUT2D eigenvalue weighted by molar-refractivity contribution is 7.51. The maximum atomic E-state index is 12.5. The van der Waals surface area contributed by atoms with Crippen LogP contribution < -0.4 is 10.6 Å². The molecule has 10 nitrogen and oxygen atoms in total. The van der Waals surface area contributed by atoms with Crippen LogP contribution in [-0.2, 0) is 23.7 Å². The van der Waals surface area contributed by atoms with Crippen LogP contribution in [0.1, 0.15) is 25.7 Å². The summed E-state index contributed by atoms with van der Waals surface area (Å²) in [7, 11) is -3.47. The molecule has 2 rings (SSSR count). The first-order chi connectivity index (χ1) is 11.7. The molecular formula is C14H24N3O7P. The Labute approximate surface area is 145 Å². The van der Waals surface area contributed by atoms with Gasteiger partial charge in [-0.05, 0) is 32.2 Å². The van der Waals surface area contributed by atoms with Crippen molar-refractivity contribution in [2.75, 3.05) is 26.4 Å². The highest BCUT2D eigenvalue weighted by atomic mass is 31.2. The summed E-state index contributed by atoms with van der Waals surface area (Å²) < 4.78 is 15.7. The zero-order valence-electron chi connectivity index (χ0n) is 14.0. The monoisotopic (exact) mass is 377 g/mol. The van der Waals surface area contributed by atoms with Crippen molar-refractivity contribution in [2.45, 2.75) is 43.8 Å². The predicted octanol–water partition coefficient (Wildman–Crippen LogP) is -1.44. The van der Waals surface area contributed by atoms with Crippen molar-refractivity contribution in [3.05, 3.63) is 0 Å². The lowest BCUT2D eigenvalue weighted by Crippen LogP contribution is -2.54. The predicted molar refractivity (Wildman–Crippen MR) is 86.6 cm³/mol. The van der Waals surface area contributed by atoms with Crippen LogP contribution in [0.2, 0.25) is 0 Å². The second-order valence-electron chi connectivity index (χ2n) is 6.27. The second kappa shape index (κ2) is 8.27. The van der Waals surface area contributed by atoms with E-state index in [0.29, 0.717) is 25.8 Å². The van der Waals surface area contributed by atoms with E-state index < -0.39 is 37.7 Å². The molecule has 0 aromatic carbocycles. The number of likely N-dealkylation sites (tertiary alicyclic amines) is 1. The molecular weight excluding hydrogens is 353 g/mol. The summed E-state index contributed by atoms with van der Waals surface area (Å²) in [6.45, 7) is 1.20. The standard InChI is InChI=1S/C14H24N3O7P/c1-24-14(20)10(8-25(21,22)23)16-12(18)11-5-3-7-17(11)13(19)9-4-2-6-15-9/h9-11,15H,2-8H2,1H3,(H,16,18)(H2,21,22,23)/t9-,10-,11+/m1/s1. The smallest absolute Gasteiger partial charge is 0.329 e. The fourth-order valence-corrected chi connectivity index (χ4v) is 3.94. The Balaban J connectivity index is 2.04. The van der Waals surface area contributed by atoms with Gasteiger partial charge in [0.15, 0.2) is 0 Å². The van der Waals surface area contributed by atoms with Crippen LogP contribution in [0.5, 0.6) is 0 Å². The largest absolute Gasteiger partial charge is 0.467 e. The molecule has 0 saturated carbocycles. The molecule has 25 heavy (non-hydrogen) atoms. The molecule has 0 unspecified atom stereocenters. The van der Waals surface area contributed by atoms with Crippen molar-refractivity contribution in [1.29, 1.82) is 0 Å². The molecule has 3 atom stereocenters. The summed E-state index contributed by atoms with van der Waals surface area (Å²) in [5.74, 6) is -1.70. The molecule has 2 heterocycles. The fraction of sp³-hybridized carbons (Fsp3) is 0.786. The average Bonchev–Trinajstić information content (AvgIpc) is 3.22. The Hall–Kier alpha value is -1.48. The van der Waals surface area contributed by atoms with Crippen molar-refractivity contribution >= 4 is 25.4 Å². The number of rotatable bonds is 6. The minimum absolute atomic E-state index is 0.153. The molecule has 0 aromatic heterocycles. The molecule has 0 radical (unpaired) electrons. The fourth-order valence-electron chi connectivity index (χ4n) is 3.23. The van der Waals surface area contributed by atoms with Crippen molar-refractivity contribution in [3.8, 4) is 0 Å². The van der Waals surface area contributed by atoms with Crippen LogP contribution >= 0.6 is 7.60 Å². The summed E-state index contributed by atoms with van der Waals surface area (Å²) in [5, 5.41) is 5.41. The van der Waals surface area contributed by atoms with Crippen molar-refractivity contribution in [3.63, 3.8) is 0 Å². The summed E-state index contributed by atoms with van der Waals surface area (Å²) in [5.41, 5.74) is 0. The lowest BCUT2D eigenvalue weighted by molar-refractivity contribution is -0.146. The first-order valence-corrected chi connectivity index (χ1v) is 9.99. The van der Waals surface area contributed by atoms with Crippen LogP contribution in [0.15, 0.2) is 0 Å². The highest BCUT2D eigenvalue weighted by Gasteiger charge is 2.39. The number of ether oxygens (including phenoxy) is 1. The van der Waals surface area contributed by atoms with Gasteiger partial charge in [0.2, 0.25) is 11.8 Å². The first-order valence-electron chi connectivity index (χ1n) is 8.19. The molecule has 2 aliphatic heterocycles. The lowest BCUT2D eigenvalue weighted by Gasteiger charge is -2.28. The molecule has 11 heteroatoms. The third-order valence-corrected chi connectivity index (χ3v) is 5.26. The van der Waals surface area contributed by atoms with Gasteiger partial charge in [-0.25, -0.2) is 4.79 Å². The van der Waals surface area contributed by atoms with Gasteiger partial charge in [0, 0.05) is 6.54 Å². The van der Waals surface area contributed by atoms with E-state index in [4.69, 9.17) is 9.79 Å². The third-order valence-electron chi connectivity index (χ3n) is 4.42. The van der Waals surface area contributed by atoms with E-state index in [9.17, 15) is 18.9 Å². The van der Waals surface area contributed by atoms with Crippen molar-refractivity contribution < 1.29 is 33.5 Å². The van der Waals surface area contributed by atoms with Gasteiger partial charge in [-0.15, -0.1) is 0 Å². The van der Waals surface area contributed by atoms with E-state index in [1.807, 2.05) is 0 Å². The highest BCUT2D eigenvalue weighted by Crippen LogP contribution is 2.35. The number of hydrogen-bond acceptors (Lipinski definition) is 6. The summed E-state index contributed by atoms with van der Waals surface area (Å²) in [6, 6.07) is -2.51. The van der Waals surface area contributed by atoms with Gasteiger partial charge in [0.25, 0.3) is 0 Å². The Kier molecular flexibility index (Phi) is 6.56. The van der Waals surface area contributed by atoms with E-state index in [0.717, 1.165) is 20.1 Å². The van der Waals surface area contributed by atoms with Crippen LogP contribution in [0.4, 0.5) is 0 Å². The number of carbonyl (C=O) groups is 3. The summed E-state index contributed by atoms with van der Waals surface area (Å²) in [4.78, 5) is 56.4. The van der Waals surface area contributed by atoms with Gasteiger partial charge in [0.1, 0.15) is 12.1 Å². The normalized spacial score (nSPS) is 24.8.